The number of likely N-dealkylation sites (N-methyl/N-ethyl adjacent to an activating group) is 1. The molecule has 0 atom stereocenters. The SMILES string of the molecule is CN1CCOC(=O)Cc2cccc(n2)CC(=O)OCC1. The van der Waals surface area contributed by atoms with Crippen LogP contribution in [-0.4, -0.2) is 55.2 Å². The summed E-state index contributed by atoms with van der Waals surface area (Å²) in [4.78, 5) is 29.5. The molecular weight excluding hydrogens is 260 g/mol. The lowest BCUT2D eigenvalue weighted by atomic mass is 10.2. The lowest BCUT2D eigenvalue weighted by molar-refractivity contribution is -0.143. The van der Waals surface area contributed by atoms with Crippen LogP contribution in [0.1, 0.15) is 11.4 Å². The molecule has 0 unspecified atom stereocenters. The Morgan fingerprint density at radius 3 is 2.00 bits per heavy atom. The van der Waals surface area contributed by atoms with Gasteiger partial charge in [-0.25, -0.2) is 0 Å². The first kappa shape index (κ1) is 14.5. The fourth-order valence-electron chi connectivity index (χ4n) is 1.87. The maximum atomic E-state index is 11.7. The van der Waals surface area contributed by atoms with E-state index < -0.39 is 0 Å². The van der Waals surface area contributed by atoms with Gasteiger partial charge in [-0.05, 0) is 19.2 Å². The molecule has 1 aromatic heterocycles. The van der Waals surface area contributed by atoms with Crippen molar-refractivity contribution in [2.75, 3.05) is 33.4 Å². The Morgan fingerprint density at radius 2 is 1.50 bits per heavy atom. The first-order valence-corrected chi connectivity index (χ1v) is 6.58. The minimum atomic E-state index is -0.303. The zero-order valence-electron chi connectivity index (χ0n) is 11.5. The molecule has 0 amide bonds. The van der Waals surface area contributed by atoms with Crippen LogP contribution in [0.2, 0.25) is 0 Å². The van der Waals surface area contributed by atoms with Crippen LogP contribution in [0.25, 0.3) is 0 Å². The fraction of sp³-hybridized carbons (Fsp3) is 0.500. The van der Waals surface area contributed by atoms with E-state index in [1.165, 1.54) is 0 Å². The van der Waals surface area contributed by atoms with Crippen molar-refractivity contribution in [1.29, 1.82) is 0 Å². The quantitative estimate of drug-likeness (QED) is 0.631. The summed E-state index contributed by atoms with van der Waals surface area (Å²) in [6, 6.07) is 5.26. The van der Waals surface area contributed by atoms with Gasteiger partial charge in [0.05, 0.1) is 24.2 Å². The van der Waals surface area contributed by atoms with Gasteiger partial charge in [-0.3, -0.25) is 19.5 Å². The van der Waals surface area contributed by atoms with E-state index in [0.717, 1.165) is 0 Å². The van der Waals surface area contributed by atoms with E-state index in [9.17, 15) is 9.59 Å². The molecular formula is C14H18N2O4. The molecule has 0 spiro atoms. The summed E-state index contributed by atoms with van der Waals surface area (Å²) in [5.74, 6) is -0.606. The second-order valence-electron chi connectivity index (χ2n) is 4.72. The average molecular weight is 278 g/mol. The van der Waals surface area contributed by atoms with E-state index in [1.807, 2.05) is 11.9 Å². The molecule has 2 rings (SSSR count). The van der Waals surface area contributed by atoms with Crippen molar-refractivity contribution in [2.45, 2.75) is 12.8 Å². The predicted molar refractivity (Wildman–Crippen MR) is 71.1 cm³/mol. The van der Waals surface area contributed by atoms with Crippen LogP contribution in [0.15, 0.2) is 18.2 Å². The zero-order chi connectivity index (χ0) is 14.4. The lowest BCUT2D eigenvalue weighted by Gasteiger charge is -2.17. The van der Waals surface area contributed by atoms with E-state index in [2.05, 4.69) is 4.98 Å². The summed E-state index contributed by atoms with van der Waals surface area (Å²) < 4.78 is 10.3. The zero-order valence-corrected chi connectivity index (χ0v) is 11.5. The highest BCUT2D eigenvalue weighted by Gasteiger charge is 2.11. The number of cyclic esters (lactones) is 2. The second kappa shape index (κ2) is 7.00. The van der Waals surface area contributed by atoms with E-state index in [0.29, 0.717) is 37.7 Å². The third kappa shape index (κ3) is 4.62. The Labute approximate surface area is 117 Å². The predicted octanol–water partition coefficient (Wildman–Crippen LogP) is 0.198. The smallest absolute Gasteiger partial charge is 0.311 e. The topological polar surface area (TPSA) is 68.7 Å². The van der Waals surface area contributed by atoms with Gasteiger partial charge in [0.1, 0.15) is 13.2 Å². The number of carbonyl (C=O) groups excluding carboxylic acids is 2. The van der Waals surface area contributed by atoms with Crippen LogP contribution >= 0.6 is 0 Å². The normalized spacial score (nSPS) is 18.9. The maximum Gasteiger partial charge on any atom is 0.311 e. The summed E-state index contributed by atoms with van der Waals surface area (Å²) in [6.45, 7) is 1.86. The number of hydrogen-bond donors (Lipinski definition) is 0. The second-order valence-corrected chi connectivity index (χ2v) is 4.72. The van der Waals surface area contributed by atoms with E-state index in [4.69, 9.17) is 9.47 Å². The first-order chi connectivity index (χ1) is 9.63. The van der Waals surface area contributed by atoms with Gasteiger partial charge in [-0.1, -0.05) is 6.07 Å². The molecule has 6 nitrogen and oxygen atoms in total. The number of esters is 2. The van der Waals surface area contributed by atoms with Crippen molar-refractivity contribution in [3.05, 3.63) is 29.6 Å². The largest absolute Gasteiger partial charge is 0.464 e. The van der Waals surface area contributed by atoms with Gasteiger partial charge in [0.25, 0.3) is 0 Å². The molecule has 1 aliphatic heterocycles. The molecule has 0 saturated heterocycles. The molecule has 0 fully saturated rings. The van der Waals surface area contributed by atoms with Gasteiger partial charge in [-0.2, -0.15) is 0 Å². The van der Waals surface area contributed by atoms with Crippen LogP contribution in [0.4, 0.5) is 0 Å². The minimum Gasteiger partial charge on any atom is -0.464 e. The third-order valence-corrected chi connectivity index (χ3v) is 2.99. The summed E-state index contributed by atoms with van der Waals surface area (Å²) in [5, 5.41) is 0. The molecule has 2 heterocycles. The highest BCUT2D eigenvalue weighted by Crippen LogP contribution is 2.04. The Balaban J connectivity index is 2.09. The van der Waals surface area contributed by atoms with Crippen molar-refractivity contribution in [2.24, 2.45) is 0 Å². The fourth-order valence-corrected chi connectivity index (χ4v) is 1.87. The van der Waals surface area contributed by atoms with Gasteiger partial charge < -0.3 is 9.47 Å². The maximum absolute atomic E-state index is 11.7. The number of pyridine rings is 1. The molecule has 1 aliphatic rings. The van der Waals surface area contributed by atoms with Crippen molar-refractivity contribution < 1.29 is 19.1 Å². The third-order valence-electron chi connectivity index (χ3n) is 2.99. The van der Waals surface area contributed by atoms with Gasteiger partial charge >= 0.3 is 11.9 Å². The Bertz CT molecular complexity index is 451. The summed E-state index contributed by atoms with van der Waals surface area (Å²) >= 11 is 0. The Kier molecular flexibility index (Phi) is 5.06. The number of nitrogens with zero attached hydrogens (tertiary/aromatic N) is 2. The number of aromatic nitrogens is 1. The summed E-state index contributed by atoms with van der Waals surface area (Å²) in [5.41, 5.74) is 1.21. The number of rotatable bonds is 0. The molecule has 0 aliphatic carbocycles. The average Bonchev–Trinajstić information content (AvgIpc) is 2.38. The molecule has 6 heteroatoms. The van der Waals surface area contributed by atoms with Crippen LogP contribution in [0.3, 0.4) is 0 Å². The van der Waals surface area contributed by atoms with E-state index >= 15 is 0 Å². The molecule has 0 radical (unpaired) electrons. The molecule has 1 aromatic rings. The molecule has 20 heavy (non-hydrogen) atoms. The van der Waals surface area contributed by atoms with E-state index in [1.54, 1.807) is 18.2 Å². The van der Waals surface area contributed by atoms with Gasteiger partial charge in [-0.15, -0.1) is 0 Å². The lowest BCUT2D eigenvalue weighted by Crippen LogP contribution is -2.29. The molecule has 0 saturated carbocycles. The molecule has 0 N–H and O–H groups in total. The molecule has 0 aromatic carbocycles. The molecule has 2 bridgehead atoms. The highest BCUT2D eigenvalue weighted by molar-refractivity contribution is 5.73. The monoisotopic (exact) mass is 278 g/mol. The standard InChI is InChI=1S/C14H18N2O4/c1-16-5-7-19-13(17)9-11-3-2-4-12(15-11)10-14(18)20-8-6-16/h2-4H,5-10H2,1H3. The number of carbonyl (C=O) groups is 2. The van der Waals surface area contributed by atoms with Gasteiger partial charge in [0, 0.05) is 13.1 Å². The number of hydrogen-bond acceptors (Lipinski definition) is 6. The van der Waals surface area contributed by atoms with Gasteiger partial charge in [0.15, 0.2) is 0 Å². The van der Waals surface area contributed by atoms with Crippen LogP contribution in [0, 0.1) is 0 Å². The van der Waals surface area contributed by atoms with Gasteiger partial charge in [0.2, 0.25) is 0 Å². The molecule has 108 valence electrons. The van der Waals surface area contributed by atoms with Crippen molar-refractivity contribution in [3.63, 3.8) is 0 Å². The minimum absolute atomic E-state index is 0.118. The van der Waals surface area contributed by atoms with Crippen LogP contribution in [-0.2, 0) is 31.9 Å². The van der Waals surface area contributed by atoms with Crippen molar-refractivity contribution >= 4 is 11.9 Å². The Morgan fingerprint density at radius 1 is 1.00 bits per heavy atom. The van der Waals surface area contributed by atoms with Crippen LogP contribution in [0.5, 0.6) is 0 Å². The summed E-state index contributed by atoms with van der Waals surface area (Å²) in [7, 11) is 1.89. The van der Waals surface area contributed by atoms with Crippen molar-refractivity contribution in [3.8, 4) is 0 Å². The highest BCUT2D eigenvalue weighted by atomic mass is 16.5. The first-order valence-electron chi connectivity index (χ1n) is 6.58. The van der Waals surface area contributed by atoms with Crippen molar-refractivity contribution in [1.82, 2.24) is 9.88 Å². The number of fused-ring (bicyclic) bond motifs is 2. The number of ether oxygens (including phenoxy) is 2. The summed E-state index contributed by atoms with van der Waals surface area (Å²) in [6.07, 6.45) is 0.235. The Hall–Kier alpha value is -1.95. The van der Waals surface area contributed by atoms with E-state index in [-0.39, 0.29) is 24.8 Å². The van der Waals surface area contributed by atoms with Crippen LogP contribution < -0.4 is 0 Å².